The molecule has 9 heteroatoms. The molecule has 5 nitrogen and oxygen atoms in total. The fraction of sp³-hybridized carbons (Fsp3) is 0.500. The Morgan fingerprint density at radius 3 is 2.48 bits per heavy atom. The van der Waals surface area contributed by atoms with Crippen LogP contribution in [0.3, 0.4) is 0 Å². The maximum absolute atomic E-state index is 14.8. The Hall–Kier alpha value is -2.60. The van der Waals surface area contributed by atoms with E-state index in [0.717, 1.165) is 6.07 Å². The molecular weight excluding hydrogens is 392 g/mol. The van der Waals surface area contributed by atoms with Gasteiger partial charge in [0.2, 0.25) is 0 Å². The van der Waals surface area contributed by atoms with E-state index in [1.807, 2.05) is 6.07 Å². The largest absolute Gasteiger partial charge is 0.549 e. The Morgan fingerprint density at radius 2 is 2.07 bits per heavy atom. The number of carbonyl (C=O) groups excluding carboxylic acids is 1. The van der Waals surface area contributed by atoms with Crippen molar-refractivity contribution in [2.45, 2.75) is 32.9 Å². The van der Waals surface area contributed by atoms with Gasteiger partial charge in [0.05, 0.1) is 23.2 Å². The van der Waals surface area contributed by atoms with E-state index in [4.69, 9.17) is 4.74 Å². The first kappa shape index (κ1) is 22.7. The maximum atomic E-state index is 14.8. The van der Waals surface area contributed by atoms with Crippen molar-refractivity contribution in [2.75, 3.05) is 20.4 Å². The van der Waals surface area contributed by atoms with E-state index in [1.165, 1.54) is 12.0 Å². The van der Waals surface area contributed by atoms with Crippen molar-refractivity contribution in [1.82, 2.24) is 4.90 Å². The second kappa shape index (κ2) is 8.03. The number of carbonyl (C=O) groups is 1. The highest BCUT2D eigenvalue weighted by Gasteiger charge is 2.51. The zero-order chi connectivity index (χ0) is 22.1. The van der Waals surface area contributed by atoms with Gasteiger partial charge in [0.25, 0.3) is 0 Å². The predicted molar refractivity (Wildman–Crippen MR) is 93.3 cm³/mol. The summed E-state index contributed by atoms with van der Waals surface area (Å²) in [5.41, 5.74) is -2.92. The molecule has 0 aromatic heterocycles. The third-order valence-corrected chi connectivity index (χ3v) is 5.57. The van der Waals surface area contributed by atoms with Crippen LogP contribution in [-0.4, -0.2) is 31.3 Å². The number of aliphatic carboxylic acids is 1. The Balaban J connectivity index is 2.82. The zero-order valence-electron chi connectivity index (χ0n) is 16.4. The number of allylic oxidation sites excluding steroid dienone is 2. The number of hydrogen-bond donors (Lipinski definition) is 0. The van der Waals surface area contributed by atoms with E-state index in [2.05, 4.69) is 0 Å². The van der Waals surface area contributed by atoms with Crippen LogP contribution >= 0.6 is 0 Å². The standard InChI is InChI=1S/C20H22F4N2O3/c1-11(2)19(18(27)28)9-26(10-29-4)12(3)15(8-25)17(19)14-6-5-13(7-16(14)21)20(22,23)24/h5-7,11,17H,9-10H2,1-4H3,(H,27,28)/p-1. The van der Waals surface area contributed by atoms with Crippen LogP contribution in [-0.2, 0) is 15.7 Å². The molecule has 2 atom stereocenters. The van der Waals surface area contributed by atoms with Gasteiger partial charge in [-0.05, 0) is 30.5 Å². The minimum atomic E-state index is -4.76. The van der Waals surface area contributed by atoms with Crippen LogP contribution in [0.4, 0.5) is 17.6 Å². The van der Waals surface area contributed by atoms with Gasteiger partial charge in [-0.2, -0.15) is 18.4 Å². The van der Waals surface area contributed by atoms with Crippen molar-refractivity contribution in [3.05, 3.63) is 46.4 Å². The summed E-state index contributed by atoms with van der Waals surface area (Å²) in [7, 11) is 1.40. The molecule has 2 unspecified atom stereocenters. The van der Waals surface area contributed by atoms with E-state index >= 15 is 0 Å². The van der Waals surface area contributed by atoms with Crippen molar-refractivity contribution >= 4 is 5.97 Å². The monoisotopic (exact) mass is 413 g/mol. The molecule has 0 radical (unpaired) electrons. The Labute approximate surface area is 166 Å². The average Bonchev–Trinajstić information content (AvgIpc) is 2.62. The van der Waals surface area contributed by atoms with Crippen molar-refractivity contribution in [3.8, 4) is 6.07 Å². The average molecular weight is 413 g/mol. The van der Waals surface area contributed by atoms with Crippen LogP contribution in [0.5, 0.6) is 0 Å². The van der Waals surface area contributed by atoms with Crippen molar-refractivity contribution in [2.24, 2.45) is 11.3 Å². The number of halogens is 4. The fourth-order valence-electron chi connectivity index (χ4n) is 3.91. The lowest BCUT2D eigenvalue weighted by Crippen LogP contribution is -2.58. The summed E-state index contributed by atoms with van der Waals surface area (Å²) in [4.78, 5) is 13.9. The first-order valence-corrected chi connectivity index (χ1v) is 8.84. The van der Waals surface area contributed by atoms with Crippen LogP contribution in [0, 0.1) is 28.5 Å². The molecule has 1 heterocycles. The van der Waals surface area contributed by atoms with E-state index < -0.39 is 40.8 Å². The number of nitriles is 1. The third kappa shape index (κ3) is 3.81. The van der Waals surface area contributed by atoms with E-state index in [9.17, 15) is 32.7 Å². The number of methoxy groups -OCH3 is 1. The third-order valence-electron chi connectivity index (χ3n) is 5.57. The van der Waals surface area contributed by atoms with E-state index in [0.29, 0.717) is 17.8 Å². The van der Waals surface area contributed by atoms with E-state index in [-0.39, 0.29) is 24.4 Å². The molecule has 0 bridgehead atoms. The van der Waals surface area contributed by atoms with Gasteiger partial charge in [0.15, 0.2) is 0 Å². The lowest BCUT2D eigenvalue weighted by molar-refractivity contribution is -0.324. The summed E-state index contributed by atoms with van der Waals surface area (Å²) in [5, 5.41) is 22.1. The molecule has 1 aliphatic rings. The minimum Gasteiger partial charge on any atom is -0.549 e. The number of carboxylic acid groups (broad SMARTS) is 1. The van der Waals surface area contributed by atoms with Crippen LogP contribution in [0.1, 0.15) is 37.8 Å². The van der Waals surface area contributed by atoms with Crippen LogP contribution in [0.2, 0.25) is 0 Å². The number of ether oxygens (including phenoxy) is 1. The molecule has 1 aromatic carbocycles. The van der Waals surface area contributed by atoms with Gasteiger partial charge in [-0.3, -0.25) is 0 Å². The van der Waals surface area contributed by atoms with Gasteiger partial charge in [0, 0.05) is 30.7 Å². The number of hydrogen-bond acceptors (Lipinski definition) is 5. The molecule has 0 saturated carbocycles. The molecule has 0 saturated heterocycles. The summed E-state index contributed by atoms with van der Waals surface area (Å²) in [6.45, 7) is 4.58. The predicted octanol–water partition coefficient (Wildman–Crippen LogP) is 3.04. The zero-order valence-corrected chi connectivity index (χ0v) is 16.4. The number of alkyl halides is 3. The molecule has 29 heavy (non-hydrogen) atoms. The minimum absolute atomic E-state index is 0.0129. The molecule has 0 aliphatic carbocycles. The number of nitrogens with zero attached hydrogens (tertiary/aromatic N) is 2. The highest BCUT2D eigenvalue weighted by atomic mass is 19.4. The highest BCUT2D eigenvalue weighted by Crippen LogP contribution is 2.52. The molecule has 0 amide bonds. The summed E-state index contributed by atoms with van der Waals surface area (Å²) >= 11 is 0. The molecule has 1 aliphatic heterocycles. The quantitative estimate of drug-likeness (QED) is 0.694. The first-order valence-electron chi connectivity index (χ1n) is 8.84. The molecule has 0 fully saturated rings. The fourth-order valence-corrected chi connectivity index (χ4v) is 3.91. The smallest absolute Gasteiger partial charge is 0.416 e. The summed E-state index contributed by atoms with van der Waals surface area (Å²) in [6, 6.07) is 3.84. The molecule has 0 spiro atoms. The van der Waals surface area contributed by atoms with Crippen LogP contribution < -0.4 is 5.11 Å². The normalized spacial score (nSPS) is 22.8. The second-order valence-corrected chi connectivity index (χ2v) is 7.38. The van der Waals surface area contributed by atoms with Gasteiger partial charge in [-0.1, -0.05) is 19.9 Å². The Bertz CT molecular complexity index is 873. The summed E-state index contributed by atoms with van der Waals surface area (Å²) < 4.78 is 58.7. The number of carboxylic acids is 1. The maximum Gasteiger partial charge on any atom is 0.416 e. The topological polar surface area (TPSA) is 76.4 Å². The molecule has 158 valence electrons. The second-order valence-electron chi connectivity index (χ2n) is 7.38. The van der Waals surface area contributed by atoms with Gasteiger partial charge in [0.1, 0.15) is 12.5 Å². The van der Waals surface area contributed by atoms with E-state index in [1.54, 1.807) is 20.8 Å². The van der Waals surface area contributed by atoms with Gasteiger partial charge in [-0.25, -0.2) is 4.39 Å². The lowest BCUT2D eigenvalue weighted by atomic mass is 9.60. The number of benzene rings is 1. The van der Waals surface area contributed by atoms with Crippen molar-refractivity contribution in [3.63, 3.8) is 0 Å². The molecular formula is C20H21F4N2O3-. The Morgan fingerprint density at radius 1 is 1.45 bits per heavy atom. The van der Waals surface area contributed by atoms with Gasteiger partial charge in [-0.15, -0.1) is 0 Å². The van der Waals surface area contributed by atoms with Crippen LogP contribution in [0.15, 0.2) is 29.5 Å². The van der Waals surface area contributed by atoms with Gasteiger partial charge >= 0.3 is 6.18 Å². The summed E-state index contributed by atoms with van der Waals surface area (Å²) in [6.07, 6.45) is -4.76. The Kier molecular flexibility index (Phi) is 6.28. The molecule has 0 N–H and O–H groups in total. The highest BCUT2D eigenvalue weighted by molar-refractivity contribution is 5.77. The molecule has 2 rings (SSSR count). The van der Waals surface area contributed by atoms with Gasteiger partial charge < -0.3 is 19.5 Å². The van der Waals surface area contributed by atoms with Crippen molar-refractivity contribution in [1.29, 1.82) is 5.26 Å². The lowest BCUT2D eigenvalue weighted by Gasteiger charge is -2.52. The summed E-state index contributed by atoms with van der Waals surface area (Å²) in [5.74, 6) is -4.68. The van der Waals surface area contributed by atoms with Crippen LogP contribution in [0.25, 0.3) is 0 Å². The first-order chi connectivity index (χ1) is 13.4. The molecule has 1 aromatic rings. The van der Waals surface area contributed by atoms with Crippen molar-refractivity contribution < 1.29 is 32.2 Å². The SMILES string of the molecule is COCN1CC(C(=O)[O-])(C(C)C)C(c2ccc(C(F)(F)F)cc2F)C(C#N)=C1C. The number of rotatable bonds is 5.